The van der Waals surface area contributed by atoms with Gasteiger partial charge in [-0.3, -0.25) is 0 Å². The molecule has 3 N–H and O–H groups in total. The van der Waals surface area contributed by atoms with Gasteiger partial charge in [0.1, 0.15) is 0 Å². The van der Waals surface area contributed by atoms with E-state index < -0.39 is 6.10 Å². The van der Waals surface area contributed by atoms with Crippen LogP contribution in [0.2, 0.25) is 0 Å². The average Bonchev–Trinajstić information content (AvgIpc) is 2.59. The highest BCUT2D eigenvalue weighted by atomic mass is 16.3. The van der Waals surface area contributed by atoms with Gasteiger partial charge in [0.15, 0.2) is 0 Å². The number of rotatable bonds is 2. The molecule has 0 saturated heterocycles. The third-order valence-corrected chi connectivity index (χ3v) is 2.59. The summed E-state index contributed by atoms with van der Waals surface area (Å²) in [5, 5.41) is 9.80. The molecule has 4 heteroatoms. The van der Waals surface area contributed by atoms with E-state index in [-0.39, 0.29) is 6.04 Å². The summed E-state index contributed by atoms with van der Waals surface area (Å²) < 4.78 is 1.94. The molecule has 0 aliphatic carbocycles. The Labute approximate surface area is 88.3 Å². The van der Waals surface area contributed by atoms with Crippen molar-refractivity contribution in [1.29, 1.82) is 0 Å². The molecule has 2 unspecified atom stereocenters. The zero-order valence-corrected chi connectivity index (χ0v) is 8.88. The number of aliphatic hydroxyl groups is 1. The van der Waals surface area contributed by atoms with Crippen LogP contribution < -0.4 is 5.73 Å². The predicted octanol–water partition coefficient (Wildman–Crippen LogP) is 0.954. The predicted molar refractivity (Wildman–Crippen MR) is 59.3 cm³/mol. The number of aromatic nitrogens is 2. The van der Waals surface area contributed by atoms with Gasteiger partial charge in [-0.25, -0.2) is 4.98 Å². The van der Waals surface area contributed by atoms with Crippen molar-refractivity contribution in [2.24, 2.45) is 12.8 Å². The minimum atomic E-state index is -0.628. The summed E-state index contributed by atoms with van der Waals surface area (Å²) in [6.45, 7) is 1.79. The van der Waals surface area contributed by atoms with Gasteiger partial charge < -0.3 is 15.4 Å². The molecular formula is C11H15N3O. The first-order valence-corrected chi connectivity index (χ1v) is 4.94. The summed E-state index contributed by atoms with van der Waals surface area (Å²) in [6, 6.07) is 5.44. The van der Waals surface area contributed by atoms with Gasteiger partial charge in [-0.1, -0.05) is 6.07 Å². The Bertz CT molecular complexity index is 476. The molecule has 0 amide bonds. The second kappa shape index (κ2) is 3.64. The first kappa shape index (κ1) is 10.1. The van der Waals surface area contributed by atoms with Gasteiger partial charge >= 0.3 is 0 Å². The summed E-state index contributed by atoms with van der Waals surface area (Å²) >= 11 is 0. The highest BCUT2D eigenvalue weighted by Gasteiger charge is 2.13. The van der Waals surface area contributed by atoms with E-state index in [0.29, 0.717) is 0 Å². The number of nitrogens with zero attached hydrogens (tertiary/aromatic N) is 2. The van der Waals surface area contributed by atoms with Gasteiger partial charge in [-0.05, 0) is 24.6 Å². The molecular weight excluding hydrogens is 190 g/mol. The Morgan fingerprint density at radius 3 is 2.87 bits per heavy atom. The molecule has 0 radical (unpaired) electrons. The molecule has 80 valence electrons. The van der Waals surface area contributed by atoms with E-state index in [1.165, 1.54) is 0 Å². The molecule has 2 aromatic rings. The summed E-state index contributed by atoms with van der Waals surface area (Å²) in [5.41, 5.74) is 8.39. The van der Waals surface area contributed by atoms with E-state index >= 15 is 0 Å². The Hall–Kier alpha value is -1.39. The minimum Gasteiger partial charge on any atom is -0.387 e. The molecule has 15 heavy (non-hydrogen) atoms. The monoisotopic (exact) mass is 205 g/mol. The van der Waals surface area contributed by atoms with Crippen molar-refractivity contribution in [1.82, 2.24) is 9.55 Å². The number of benzene rings is 1. The zero-order chi connectivity index (χ0) is 11.0. The third-order valence-electron chi connectivity index (χ3n) is 2.59. The van der Waals surface area contributed by atoms with Crippen LogP contribution in [0.1, 0.15) is 18.6 Å². The maximum Gasteiger partial charge on any atom is 0.0955 e. The van der Waals surface area contributed by atoms with Crippen molar-refractivity contribution in [2.75, 3.05) is 0 Å². The standard InChI is InChI=1S/C11H15N3O/c1-7(12)11(15)8-3-4-10-9(5-8)13-6-14(10)2/h3-7,11,15H,12H2,1-2H3. The lowest BCUT2D eigenvalue weighted by Crippen LogP contribution is -2.24. The summed E-state index contributed by atoms with van der Waals surface area (Å²) in [5.74, 6) is 0. The van der Waals surface area contributed by atoms with Gasteiger partial charge in [-0.15, -0.1) is 0 Å². The first-order valence-electron chi connectivity index (χ1n) is 4.94. The van der Waals surface area contributed by atoms with E-state index in [1.54, 1.807) is 13.3 Å². The fourth-order valence-electron chi connectivity index (χ4n) is 1.64. The Morgan fingerprint density at radius 1 is 1.47 bits per heavy atom. The van der Waals surface area contributed by atoms with Crippen molar-refractivity contribution in [2.45, 2.75) is 19.1 Å². The van der Waals surface area contributed by atoms with Crippen molar-refractivity contribution >= 4 is 11.0 Å². The molecule has 0 aliphatic heterocycles. The maximum atomic E-state index is 9.80. The van der Waals surface area contributed by atoms with Crippen LogP contribution in [0.3, 0.4) is 0 Å². The molecule has 0 spiro atoms. The molecule has 0 aliphatic rings. The van der Waals surface area contributed by atoms with Crippen molar-refractivity contribution in [3.05, 3.63) is 30.1 Å². The Morgan fingerprint density at radius 2 is 2.20 bits per heavy atom. The summed E-state index contributed by atoms with van der Waals surface area (Å²) in [4.78, 5) is 4.23. The number of aliphatic hydroxyl groups excluding tert-OH is 1. The molecule has 2 rings (SSSR count). The van der Waals surface area contributed by atoms with E-state index in [9.17, 15) is 5.11 Å². The van der Waals surface area contributed by atoms with Gasteiger partial charge in [0.25, 0.3) is 0 Å². The summed E-state index contributed by atoms with van der Waals surface area (Å²) in [7, 11) is 1.94. The number of aryl methyl sites for hydroxylation is 1. The minimum absolute atomic E-state index is 0.272. The lowest BCUT2D eigenvalue weighted by Gasteiger charge is -2.14. The molecule has 1 heterocycles. The highest BCUT2D eigenvalue weighted by Crippen LogP contribution is 2.20. The van der Waals surface area contributed by atoms with Crippen LogP contribution in [-0.4, -0.2) is 20.7 Å². The molecule has 1 aromatic carbocycles. The second-order valence-electron chi connectivity index (χ2n) is 3.91. The van der Waals surface area contributed by atoms with Crippen LogP contribution >= 0.6 is 0 Å². The Kier molecular flexibility index (Phi) is 2.46. The smallest absolute Gasteiger partial charge is 0.0955 e. The van der Waals surface area contributed by atoms with E-state index in [0.717, 1.165) is 16.6 Å². The normalized spacial score (nSPS) is 15.5. The van der Waals surface area contributed by atoms with Crippen molar-refractivity contribution < 1.29 is 5.11 Å². The molecule has 0 fully saturated rings. The first-order chi connectivity index (χ1) is 7.09. The van der Waals surface area contributed by atoms with Gasteiger partial charge in [0, 0.05) is 13.1 Å². The van der Waals surface area contributed by atoms with Crippen LogP contribution in [0.4, 0.5) is 0 Å². The third kappa shape index (κ3) is 1.73. The van der Waals surface area contributed by atoms with Crippen LogP contribution in [0.15, 0.2) is 24.5 Å². The van der Waals surface area contributed by atoms with Crippen LogP contribution in [0.25, 0.3) is 11.0 Å². The van der Waals surface area contributed by atoms with Gasteiger partial charge in [0.05, 0.1) is 23.5 Å². The molecule has 2 atom stereocenters. The lowest BCUT2D eigenvalue weighted by molar-refractivity contribution is 0.153. The summed E-state index contributed by atoms with van der Waals surface area (Å²) in [6.07, 6.45) is 1.13. The van der Waals surface area contributed by atoms with E-state index in [4.69, 9.17) is 5.73 Å². The van der Waals surface area contributed by atoms with E-state index in [1.807, 2.05) is 29.8 Å². The fraction of sp³-hybridized carbons (Fsp3) is 0.364. The number of nitrogens with two attached hydrogens (primary N) is 1. The molecule has 0 bridgehead atoms. The van der Waals surface area contributed by atoms with Crippen LogP contribution in [0.5, 0.6) is 0 Å². The maximum absolute atomic E-state index is 9.80. The molecule has 4 nitrogen and oxygen atoms in total. The number of hydrogen-bond donors (Lipinski definition) is 2. The average molecular weight is 205 g/mol. The molecule has 0 saturated carbocycles. The van der Waals surface area contributed by atoms with Crippen LogP contribution in [0, 0.1) is 0 Å². The highest BCUT2D eigenvalue weighted by molar-refractivity contribution is 5.76. The quantitative estimate of drug-likeness (QED) is 0.767. The van der Waals surface area contributed by atoms with Gasteiger partial charge in [0.2, 0.25) is 0 Å². The van der Waals surface area contributed by atoms with Crippen LogP contribution in [-0.2, 0) is 7.05 Å². The number of hydrogen-bond acceptors (Lipinski definition) is 3. The fourth-order valence-corrected chi connectivity index (χ4v) is 1.64. The van der Waals surface area contributed by atoms with Gasteiger partial charge in [-0.2, -0.15) is 0 Å². The number of imidazole rings is 1. The van der Waals surface area contributed by atoms with Crippen molar-refractivity contribution in [3.8, 4) is 0 Å². The van der Waals surface area contributed by atoms with E-state index in [2.05, 4.69) is 4.98 Å². The second-order valence-corrected chi connectivity index (χ2v) is 3.91. The SMILES string of the molecule is CC(N)C(O)c1ccc2c(c1)ncn2C. The number of fused-ring (bicyclic) bond motifs is 1. The lowest BCUT2D eigenvalue weighted by atomic mass is 10.0. The topological polar surface area (TPSA) is 64.1 Å². The largest absolute Gasteiger partial charge is 0.387 e. The Balaban J connectivity index is 2.47. The molecule has 1 aromatic heterocycles. The zero-order valence-electron chi connectivity index (χ0n) is 8.88. The van der Waals surface area contributed by atoms with Crippen molar-refractivity contribution in [3.63, 3.8) is 0 Å².